The van der Waals surface area contributed by atoms with Gasteiger partial charge in [-0.3, -0.25) is 4.79 Å². The maximum Gasteiger partial charge on any atom is 0.397 e. The molecule has 0 fully saturated rings. The van der Waals surface area contributed by atoms with E-state index in [1.807, 2.05) is 36.6 Å². The van der Waals surface area contributed by atoms with Gasteiger partial charge >= 0.3 is 11.9 Å². The molecule has 2 aromatic rings. The molecule has 1 aromatic carbocycles. The number of carbonyl (C=O) groups is 2. The van der Waals surface area contributed by atoms with Crippen molar-refractivity contribution in [1.82, 2.24) is 0 Å². The lowest BCUT2D eigenvalue weighted by Gasteiger charge is -2.05. The van der Waals surface area contributed by atoms with Crippen LogP contribution in [0, 0.1) is 6.92 Å². The van der Waals surface area contributed by atoms with Gasteiger partial charge in [-0.2, -0.15) is 0 Å². The highest BCUT2D eigenvalue weighted by atomic mass is 32.1. The van der Waals surface area contributed by atoms with Gasteiger partial charge in [0.05, 0.1) is 0 Å². The molecular formula is C14H13NO3S. The van der Waals surface area contributed by atoms with E-state index in [0.29, 0.717) is 5.69 Å². The third-order valence-corrected chi connectivity index (χ3v) is 3.27. The largest absolute Gasteiger partial charge is 0.453 e. The molecule has 98 valence electrons. The van der Waals surface area contributed by atoms with Gasteiger partial charge in [-0.15, -0.1) is 11.3 Å². The standard InChI is InChI=1S/C14H13NO3S/c1-10-4-6-11(7-5-10)15-13(16)14(17)18-9-12-3-2-8-19-12/h2-8H,9H2,1H3,(H,15,16). The van der Waals surface area contributed by atoms with Gasteiger partial charge in [0.2, 0.25) is 0 Å². The van der Waals surface area contributed by atoms with Gasteiger partial charge in [-0.05, 0) is 30.5 Å². The van der Waals surface area contributed by atoms with Crippen molar-refractivity contribution in [2.75, 3.05) is 5.32 Å². The highest BCUT2D eigenvalue weighted by molar-refractivity contribution is 7.09. The molecule has 0 aliphatic rings. The number of aryl methyl sites for hydroxylation is 1. The molecule has 2 rings (SSSR count). The Bertz CT molecular complexity index is 561. The minimum Gasteiger partial charge on any atom is -0.453 e. The fraction of sp³-hybridized carbons (Fsp3) is 0.143. The monoisotopic (exact) mass is 275 g/mol. The van der Waals surface area contributed by atoms with Crippen molar-refractivity contribution in [2.24, 2.45) is 0 Å². The molecule has 0 radical (unpaired) electrons. The lowest BCUT2D eigenvalue weighted by Crippen LogP contribution is -2.24. The van der Waals surface area contributed by atoms with Gasteiger partial charge in [0.1, 0.15) is 6.61 Å². The summed E-state index contributed by atoms with van der Waals surface area (Å²) in [5.41, 5.74) is 1.65. The topological polar surface area (TPSA) is 55.4 Å². The van der Waals surface area contributed by atoms with E-state index < -0.39 is 11.9 Å². The first-order valence-electron chi connectivity index (χ1n) is 5.72. The molecule has 0 aliphatic carbocycles. The minimum absolute atomic E-state index is 0.123. The second-order valence-electron chi connectivity index (χ2n) is 3.98. The van der Waals surface area contributed by atoms with E-state index in [0.717, 1.165) is 10.4 Å². The smallest absolute Gasteiger partial charge is 0.397 e. The Balaban J connectivity index is 1.85. The first kappa shape index (κ1) is 13.3. The van der Waals surface area contributed by atoms with Crippen LogP contribution in [0.5, 0.6) is 0 Å². The van der Waals surface area contributed by atoms with Crippen molar-refractivity contribution < 1.29 is 14.3 Å². The zero-order chi connectivity index (χ0) is 13.7. The Hall–Kier alpha value is -2.14. The van der Waals surface area contributed by atoms with Gasteiger partial charge in [0.25, 0.3) is 0 Å². The predicted octanol–water partition coefficient (Wildman–Crippen LogP) is 2.74. The van der Waals surface area contributed by atoms with Crippen LogP contribution in [0.2, 0.25) is 0 Å². The van der Waals surface area contributed by atoms with Crippen LogP contribution in [0.25, 0.3) is 0 Å². The molecule has 4 nitrogen and oxygen atoms in total. The molecule has 5 heteroatoms. The van der Waals surface area contributed by atoms with Crippen LogP contribution in [-0.4, -0.2) is 11.9 Å². The maximum atomic E-state index is 11.6. The molecule has 0 spiro atoms. The lowest BCUT2D eigenvalue weighted by molar-refractivity contribution is -0.153. The van der Waals surface area contributed by atoms with Gasteiger partial charge in [0.15, 0.2) is 0 Å². The molecule has 0 unspecified atom stereocenters. The second-order valence-corrected chi connectivity index (χ2v) is 5.01. The fourth-order valence-electron chi connectivity index (χ4n) is 1.42. The van der Waals surface area contributed by atoms with Gasteiger partial charge in [-0.25, -0.2) is 4.79 Å². The Morgan fingerprint density at radius 1 is 1.21 bits per heavy atom. The normalized spacial score (nSPS) is 9.95. The van der Waals surface area contributed by atoms with E-state index in [4.69, 9.17) is 4.74 Å². The Kier molecular flexibility index (Phi) is 4.30. The number of ether oxygens (including phenoxy) is 1. The van der Waals surface area contributed by atoms with E-state index in [9.17, 15) is 9.59 Å². The number of nitrogens with one attached hydrogen (secondary N) is 1. The van der Waals surface area contributed by atoms with Crippen LogP contribution in [-0.2, 0) is 20.9 Å². The second kappa shape index (κ2) is 6.15. The number of carbonyl (C=O) groups excluding carboxylic acids is 2. The summed E-state index contributed by atoms with van der Waals surface area (Å²) in [7, 11) is 0. The molecule has 0 bridgehead atoms. The maximum absolute atomic E-state index is 11.6. The van der Waals surface area contributed by atoms with Crippen LogP contribution in [0.3, 0.4) is 0 Å². The van der Waals surface area contributed by atoms with E-state index in [-0.39, 0.29) is 6.61 Å². The zero-order valence-corrected chi connectivity index (χ0v) is 11.2. The highest BCUT2D eigenvalue weighted by Gasteiger charge is 2.15. The molecule has 1 amide bonds. The molecule has 1 N–H and O–H groups in total. The molecule has 0 aliphatic heterocycles. The van der Waals surface area contributed by atoms with Crippen molar-refractivity contribution in [3.63, 3.8) is 0 Å². The average molecular weight is 275 g/mol. The molecule has 1 aromatic heterocycles. The van der Waals surface area contributed by atoms with Crippen LogP contribution in [0.1, 0.15) is 10.4 Å². The number of benzene rings is 1. The molecule has 0 saturated carbocycles. The first-order valence-corrected chi connectivity index (χ1v) is 6.60. The number of thiophene rings is 1. The first-order chi connectivity index (χ1) is 9.15. The van der Waals surface area contributed by atoms with Gasteiger partial charge in [0, 0.05) is 10.6 Å². The van der Waals surface area contributed by atoms with Crippen molar-refractivity contribution in [1.29, 1.82) is 0 Å². The van der Waals surface area contributed by atoms with E-state index in [1.54, 1.807) is 12.1 Å². The Labute approximate surface area is 115 Å². The molecule has 0 atom stereocenters. The fourth-order valence-corrected chi connectivity index (χ4v) is 2.03. The number of amides is 1. The van der Waals surface area contributed by atoms with Crippen molar-refractivity contribution >= 4 is 28.9 Å². The zero-order valence-electron chi connectivity index (χ0n) is 10.4. The SMILES string of the molecule is Cc1ccc(NC(=O)C(=O)OCc2cccs2)cc1. The van der Waals surface area contributed by atoms with E-state index >= 15 is 0 Å². The molecule has 1 heterocycles. The third-order valence-electron chi connectivity index (χ3n) is 2.42. The van der Waals surface area contributed by atoms with E-state index in [2.05, 4.69) is 5.32 Å². The number of esters is 1. The predicted molar refractivity (Wildman–Crippen MR) is 73.9 cm³/mol. The summed E-state index contributed by atoms with van der Waals surface area (Å²) in [6.07, 6.45) is 0. The number of hydrogen-bond donors (Lipinski definition) is 1. The van der Waals surface area contributed by atoms with Crippen molar-refractivity contribution in [3.05, 3.63) is 52.2 Å². The number of hydrogen-bond acceptors (Lipinski definition) is 4. The average Bonchev–Trinajstić information content (AvgIpc) is 2.91. The molecular weight excluding hydrogens is 262 g/mol. The summed E-state index contributed by atoms with van der Waals surface area (Å²) in [5, 5.41) is 4.37. The molecule has 19 heavy (non-hydrogen) atoms. The third kappa shape index (κ3) is 3.93. The lowest BCUT2D eigenvalue weighted by atomic mass is 10.2. The summed E-state index contributed by atoms with van der Waals surface area (Å²) in [5.74, 6) is -1.64. The number of rotatable bonds is 3. The highest BCUT2D eigenvalue weighted by Crippen LogP contribution is 2.11. The van der Waals surface area contributed by atoms with Crippen LogP contribution >= 0.6 is 11.3 Å². The van der Waals surface area contributed by atoms with E-state index in [1.165, 1.54) is 11.3 Å². The van der Waals surface area contributed by atoms with Crippen molar-refractivity contribution in [2.45, 2.75) is 13.5 Å². The summed E-state index contributed by atoms with van der Waals surface area (Å²) in [4.78, 5) is 24.0. The van der Waals surface area contributed by atoms with Crippen LogP contribution in [0.15, 0.2) is 41.8 Å². The number of anilines is 1. The van der Waals surface area contributed by atoms with Crippen LogP contribution in [0.4, 0.5) is 5.69 Å². The summed E-state index contributed by atoms with van der Waals surface area (Å²) in [6.45, 7) is 2.07. The molecule has 0 saturated heterocycles. The summed E-state index contributed by atoms with van der Waals surface area (Å²) in [6, 6.07) is 10.9. The Morgan fingerprint density at radius 2 is 1.95 bits per heavy atom. The summed E-state index contributed by atoms with van der Waals surface area (Å²) < 4.78 is 4.90. The minimum atomic E-state index is -0.881. The summed E-state index contributed by atoms with van der Waals surface area (Å²) >= 11 is 1.47. The van der Waals surface area contributed by atoms with Gasteiger partial charge in [-0.1, -0.05) is 23.8 Å². The Morgan fingerprint density at radius 3 is 2.58 bits per heavy atom. The van der Waals surface area contributed by atoms with Crippen LogP contribution < -0.4 is 5.32 Å². The quantitative estimate of drug-likeness (QED) is 0.692. The van der Waals surface area contributed by atoms with Crippen molar-refractivity contribution in [3.8, 4) is 0 Å². The van der Waals surface area contributed by atoms with Gasteiger partial charge < -0.3 is 10.1 Å².